The largest absolute Gasteiger partial charge is 0.370 e. The molecule has 4 rings (SSSR count). The van der Waals surface area contributed by atoms with Gasteiger partial charge >= 0.3 is 0 Å². The second-order valence-electron chi connectivity index (χ2n) is 6.81. The van der Waals surface area contributed by atoms with Crippen molar-refractivity contribution in [3.05, 3.63) is 53.6 Å². The van der Waals surface area contributed by atoms with Crippen LogP contribution >= 0.6 is 12.4 Å². The summed E-state index contributed by atoms with van der Waals surface area (Å²) >= 11 is 0. The number of halogens is 2. The summed E-state index contributed by atoms with van der Waals surface area (Å²) in [5.74, 6) is -0.432. The van der Waals surface area contributed by atoms with Gasteiger partial charge in [-0.15, -0.1) is 12.4 Å². The van der Waals surface area contributed by atoms with Crippen molar-refractivity contribution in [2.24, 2.45) is 0 Å². The van der Waals surface area contributed by atoms with Crippen molar-refractivity contribution in [2.75, 3.05) is 32.8 Å². The molecule has 2 aliphatic heterocycles. The van der Waals surface area contributed by atoms with Gasteiger partial charge in [0, 0.05) is 24.8 Å². The first-order valence-corrected chi connectivity index (χ1v) is 9.13. The van der Waals surface area contributed by atoms with Crippen LogP contribution in [0.3, 0.4) is 0 Å². The molecule has 8 heteroatoms. The molecule has 2 aromatic rings. The van der Waals surface area contributed by atoms with Gasteiger partial charge in [0.05, 0.1) is 19.2 Å². The molecule has 6 nitrogen and oxygen atoms in total. The zero-order chi connectivity index (χ0) is 17.9. The van der Waals surface area contributed by atoms with Crippen molar-refractivity contribution in [3.8, 4) is 0 Å². The van der Waals surface area contributed by atoms with Crippen molar-refractivity contribution < 1.29 is 13.9 Å². The Bertz CT molecular complexity index is 779. The van der Waals surface area contributed by atoms with Crippen molar-refractivity contribution in [1.29, 1.82) is 0 Å². The fourth-order valence-electron chi connectivity index (χ4n) is 3.63. The molecule has 0 saturated carbocycles. The normalized spacial score (nSPS) is 22.9. The predicted octanol–water partition coefficient (Wildman–Crippen LogP) is 2.58. The molecule has 2 saturated heterocycles. The number of nitrogens with one attached hydrogen (secondary N) is 1. The molecule has 0 radical (unpaired) electrons. The molecule has 27 heavy (non-hydrogen) atoms. The van der Waals surface area contributed by atoms with E-state index in [-0.39, 0.29) is 24.1 Å². The molecule has 2 aliphatic rings. The molecular formula is C19H24ClFN4O2. The van der Waals surface area contributed by atoms with Crippen LogP contribution < -0.4 is 5.32 Å². The molecule has 1 amide bonds. The first-order valence-electron chi connectivity index (χ1n) is 9.13. The average molecular weight is 395 g/mol. The molecule has 0 bridgehead atoms. The van der Waals surface area contributed by atoms with Gasteiger partial charge < -0.3 is 15.0 Å². The Hall–Kier alpha value is -1.96. The van der Waals surface area contributed by atoms with Gasteiger partial charge in [-0.1, -0.05) is 18.2 Å². The van der Waals surface area contributed by atoms with Gasteiger partial charge in [-0.3, -0.25) is 9.48 Å². The van der Waals surface area contributed by atoms with Gasteiger partial charge in [0.25, 0.3) is 5.91 Å². The minimum absolute atomic E-state index is 0. The van der Waals surface area contributed by atoms with E-state index in [1.807, 2.05) is 10.9 Å². The Morgan fingerprint density at radius 1 is 1.30 bits per heavy atom. The third kappa shape index (κ3) is 4.31. The summed E-state index contributed by atoms with van der Waals surface area (Å²) in [4.78, 5) is 14.5. The van der Waals surface area contributed by atoms with Gasteiger partial charge in [-0.2, -0.15) is 5.10 Å². The van der Waals surface area contributed by atoms with E-state index in [1.165, 1.54) is 6.07 Å². The van der Waals surface area contributed by atoms with E-state index in [4.69, 9.17) is 4.74 Å². The van der Waals surface area contributed by atoms with E-state index in [9.17, 15) is 9.18 Å². The quantitative estimate of drug-likeness (QED) is 0.869. The zero-order valence-electron chi connectivity index (χ0n) is 15.0. The molecule has 2 fully saturated rings. The summed E-state index contributed by atoms with van der Waals surface area (Å²) in [7, 11) is 0. The van der Waals surface area contributed by atoms with Crippen LogP contribution in [0.5, 0.6) is 0 Å². The van der Waals surface area contributed by atoms with Crippen LogP contribution in [0.15, 0.2) is 36.5 Å². The minimum Gasteiger partial charge on any atom is -0.370 e. The Kier molecular flexibility index (Phi) is 6.46. The summed E-state index contributed by atoms with van der Waals surface area (Å²) in [6.07, 6.45) is 3.61. The summed E-state index contributed by atoms with van der Waals surface area (Å²) in [6.45, 7) is 3.12. The number of hydrogen-bond acceptors (Lipinski definition) is 4. The van der Waals surface area contributed by atoms with Crippen LogP contribution in [-0.2, 0) is 4.74 Å². The first kappa shape index (κ1) is 19.8. The summed E-state index contributed by atoms with van der Waals surface area (Å²) in [6, 6.07) is 8.61. The van der Waals surface area contributed by atoms with Gasteiger partial charge in [-0.25, -0.2) is 4.39 Å². The van der Waals surface area contributed by atoms with E-state index in [0.29, 0.717) is 37.0 Å². The van der Waals surface area contributed by atoms with Gasteiger partial charge in [0.1, 0.15) is 17.6 Å². The van der Waals surface area contributed by atoms with Crippen molar-refractivity contribution in [3.63, 3.8) is 0 Å². The lowest BCUT2D eigenvalue weighted by Gasteiger charge is -2.33. The maximum Gasteiger partial charge on any atom is 0.274 e. The molecule has 1 aromatic heterocycles. The van der Waals surface area contributed by atoms with Crippen LogP contribution in [0, 0.1) is 5.82 Å². The van der Waals surface area contributed by atoms with E-state index in [2.05, 4.69) is 10.4 Å². The smallest absolute Gasteiger partial charge is 0.274 e. The predicted molar refractivity (Wildman–Crippen MR) is 102 cm³/mol. The second-order valence-corrected chi connectivity index (χ2v) is 6.81. The highest BCUT2D eigenvalue weighted by Gasteiger charge is 2.29. The maximum atomic E-state index is 14.0. The number of piperidine rings is 1. The maximum absolute atomic E-state index is 14.0. The summed E-state index contributed by atoms with van der Waals surface area (Å²) in [5, 5.41) is 7.85. The summed E-state index contributed by atoms with van der Waals surface area (Å²) < 4.78 is 21.6. The lowest BCUT2D eigenvalue weighted by atomic mass is 10.1. The molecule has 0 spiro atoms. The molecule has 1 aromatic carbocycles. The molecule has 2 atom stereocenters. The molecule has 146 valence electrons. The number of nitrogens with zero attached hydrogens (tertiary/aromatic N) is 3. The monoisotopic (exact) mass is 394 g/mol. The topological polar surface area (TPSA) is 59.4 Å². The Morgan fingerprint density at radius 2 is 2.15 bits per heavy atom. The lowest BCUT2D eigenvalue weighted by Crippen LogP contribution is -2.42. The number of carbonyl (C=O) groups is 1. The fraction of sp³-hybridized carbons (Fsp3) is 0.474. The molecule has 0 aliphatic carbocycles. The fourth-order valence-corrected chi connectivity index (χ4v) is 3.63. The number of rotatable bonds is 3. The number of hydrogen-bond donors (Lipinski definition) is 1. The SMILES string of the molecule is Cl.O=C(c1ccn(C2CCCNC2)n1)N1CCOC(c2ccccc2F)C1. The number of amides is 1. The lowest BCUT2D eigenvalue weighted by molar-refractivity contribution is -0.0245. The highest BCUT2D eigenvalue weighted by molar-refractivity contribution is 5.92. The molecular weight excluding hydrogens is 371 g/mol. The third-order valence-electron chi connectivity index (χ3n) is 5.08. The van der Waals surface area contributed by atoms with Gasteiger partial charge in [0.15, 0.2) is 0 Å². The van der Waals surface area contributed by atoms with E-state index >= 15 is 0 Å². The molecule has 2 unspecified atom stereocenters. The van der Waals surface area contributed by atoms with E-state index in [1.54, 1.807) is 29.2 Å². The van der Waals surface area contributed by atoms with Crippen LogP contribution in [0.2, 0.25) is 0 Å². The van der Waals surface area contributed by atoms with Crippen LogP contribution in [0.25, 0.3) is 0 Å². The van der Waals surface area contributed by atoms with Crippen molar-refractivity contribution in [2.45, 2.75) is 25.0 Å². The van der Waals surface area contributed by atoms with Crippen LogP contribution in [0.1, 0.15) is 41.0 Å². The number of aromatic nitrogens is 2. The minimum atomic E-state index is -0.446. The highest BCUT2D eigenvalue weighted by atomic mass is 35.5. The number of carbonyl (C=O) groups excluding carboxylic acids is 1. The van der Waals surface area contributed by atoms with Crippen LogP contribution in [0.4, 0.5) is 4.39 Å². The first-order chi connectivity index (χ1) is 12.7. The Labute approximate surface area is 164 Å². The Balaban J connectivity index is 0.00000210. The van der Waals surface area contributed by atoms with E-state index in [0.717, 1.165) is 25.9 Å². The molecule has 3 heterocycles. The highest BCUT2D eigenvalue weighted by Crippen LogP contribution is 2.25. The Morgan fingerprint density at radius 3 is 2.93 bits per heavy atom. The number of ether oxygens (including phenoxy) is 1. The summed E-state index contributed by atoms with van der Waals surface area (Å²) in [5.41, 5.74) is 0.925. The van der Waals surface area contributed by atoms with Gasteiger partial charge in [0.2, 0.25) is 0 Å². The third-order valence-corrected chi connectivity index (χ3v) is 5.08. The van der Waals surface area contributed by atoms with Gasteiger partial charge in [-0.05, 0) is 31.5 Å². The zero-order valence-corrected chi connectivity index (χ0v) is 15.8. The average Bonchev–Trinajstić information content (AvgIpc) is 3.19. The van der Waals surface area contributed by atoms with E-state index < -0.39 is 6.10 Å². The standard InChI is InChI=1S/C19H23FN4O2.ClH/c20-16-6-2-1-5-15(16)18-13-23(10-11-26-18)19(25)17-7-9-24(22-17)14-4-3-8-21-12-14;/h1-2,5-7,9,14,18,21H,3-4,8,10-13H2;1H. The van der Waals surface area contributed by atoms with Crippen LogP contribution in [-0.4, -0.2) is 53.4 Å². The second kappa shape index (κ2) is 8.82. The van der Waals surface area contributed by atoms with Crippen molar-refractivity contribution >= 4 is 18.3 Å². The number of morpholine rings is 1. The molecule has 1 N–H and O–H groups in total. The number of benzene rings is 1. The van der Waals surface area contributed by atoms with Crippen molar-refractivity contribution in [1.82, 2.24) is 20.0 Å².